The van der Waals surface area contributed by atoms with Crippen molar-refractivity contribution in [3.05, 3.63) is 25.8 Å². The first-order valence-corrected chi connectivity index (χ1v) is 5.03. The van der Waals surface area contributed by atoms with Gasteiger partial charge in [0, 0.05) is 0 Å². The molecule has 1 aromatic rings. The van der Waals surface area contributed by atoms with Crippen molar-refractivity contribution >= 4 is 17.6 Å². The van der Waals surface area contributed by atoms with Crippen LogP contribution in [0.1, 0.15) is 30.1 Å². The topological polar surface area (TPSA) is 141 Å². The number of hydrogen-bond donors (Lipinski definition) is 1. The molecule has 0 bridgehead atoms. The third-order valence-corrected chi connectivity index (χ3v) is 2.02. The van der Waals surface area contributed by atoms with Crippen LogP contribution in [0.4, 0.5) is 11.6 Å². The highest BCUT2D eigenvalue weighted by molar-refractivity contribution is 5.96. The van der Waals surface area contributed by atoms with Gasteiger partial charge in [0.15, 0.2) is 0 Å². The summed E-state index contributed by atoms with van der Waals surface area (Å²) in [6.45, 7) is 1.89. The summed E-state index contributed by atoms with van der Waals surface area (Å²) in [6, 6.07) is 0. The van der Waals surface area contributed by atoms with Gasteiger partial charge in [-0.05, 0) is 21.4 Å². The SMILES string of the molecule is CCCCOC(=O)c1c([N+](=O)[O-])n[nH]c1[N+](=O)[O-]. The van der Waals surface area contributed by atoms with Crippen LogP contribution in [-0.2, 0) is 4.74 Å². The zero-order chi connectivity index (χ0) is 13.7. The maximum absolute atomic E-state index is 11.5. The number of H-pyrrole nitrogens is 1. The fourth-order valence-corrected chi connectivity index (χ4v) is 1.16. The van der Waals surface area contributed by atoms with Crippen molar-refractivity contribution in [1.82, 2.24) is 10.2 Å². The molecule has 1 aromatic heterocycles. The van der Waals surface area contributed by atoms with Crippen LogP contribution in [0.3, 0.4) is 0 Å². The van der Waals surface area contributed by atoms with Crippen molar-refractivity contribution in [1.29, 1.82) is 0 Å². The van der Waals surface area contributed by atoms with Crippen molar-refractivity contribution in [2.75, 3.05) is 6.61 Å². The predicted molar refractivity (Wildman–Crippen MR) is 57.1 cm³/mol. The van der Waals surface area contributed by atoms with Crippen LogP contribution in [0.2, 0.25) is 0 Å². The van der Waals surface area contributed by atoms with Crippen LogP contribution in [0.25, 0.3) is 0 Å². The molecule has 0 aliphatic heterocycles. The maximum atomic E-state index is 11.5. The van der Waals surface area contributed by atoms with Crippen LogP contribution in [-0.4, -0.2) is 32.6 Å². The summed E-state index contributed by atoms with van der Waals surface area (Å²) in [4.78, 5) is 30.8. The van der Waals surface area contributed by atoms with E-state index in [0.717, 1.165) is 6.42 Å². The number of ether oxygens (including phenoxy) is 1. The molecule has 0 radical (unpaired) electrons. The molecule has 0 aliphatic rings. The lowest BCUT2D eigenvalue weighted by Gasteiger charge is -2.01. The van der Waals surface area contributed by atoms with E-state index in [2.05, 4.69) is 5.10 Å². The molecule has 0 saturated carbocycles. The zero-order valence-corrected chi connectivity index (χ0v) is 9.41. The van der Waals surface area contributed by atoms with Gasteiger partial charge in [0.25, 0.3) is 5.56 Å². The van der Waals surface area contributed by atoms with Crippen LogP contribution in [0, 0.1) is 20.2 Å². The van der Waals surface area contributed by atoms with Gasteiger partial charge in [0.2, 0.25) is 0 Å². The third-order valence-electron chi connectivity index (χ3n) is 2.02. The largest absolute Gasteiger partial charge is 0.462 e. The average molecular weight is 258 g/mol. The van der Waals surface area contributed by atoms with Gasteiger partial charge in [-0.15, -0.1) is 0 Å². The fourth-order valence-electron chi connectivity index (χ4n) is 1.16. The molecule has 0 fully saturated rings. The quantitative estimate of drug-likeness (QED) is 0.349. The first-order chi connectivity index (χ1) is 8.49. The molecule has 1 rings (SSSR count). The summed E-state index contributed by atoms with van der Waals surface area (Å²) in [5.74, 6) is -2.89. The van der Waals surface area contributed by atoms with Gasteiger partial charge in [0.1, 0.15) is 5.10 Å². The highest BCUT2D eigenvalue weighted by Crippen LogP contribution is 2.25. The molecule has 0 aliphatic carbocycles. The number of nitrogens with one attached hydrogen (secondary N) is 1. The molecule has 0 atom stereocenters. The smallest absolute Gasteiger partial charge is 0.434 e. The molecule has 0 unspecified atom stereocenters. The van der Waals surface area contributed by atoms with Gasteiger partial charge in [-0.2, -0.15) is 0 Å². The summed E-state index contributed by atoms with van der Waals surface area (Å²) in [5, 5.41) is 26.1. The molecular formula is C8H10N4O6. The summed E-state index contributed by atoms with van der Waals surface area (Å²) >= 11 is 0. The van der Waals surface area contributed by atoms with Gasteiger partial charge in [-0.3, -0.25) is 0 Å². The molecule has 0 saturated heterocycles. The van der Waals surface area contributed by atoms with Gasteiger partial charge in [0.05, 0.1) is 6.61 Å². The second-order valence-electron chi connectivity index (χ2n) is 3.27. The Kier molecular flexibility index (Phi) is 4.29. The van der Waals surface area contributed by atoms with E-state index < -0.39 is 33.0 Å². The Balaban J connectivity index is 3.03. The summed E-state index contributed by atoms with van der Waals surface area (Å²) in [5.41, 5.74) is -0.763. The lowest BCUT2D eigenvalue weighted by Crippen LogP contribution is -2.10. The number of aromatic nitrogens is 2. The van der Waals surface area contributed by atoms with Crippen molar-refractivity contribution < 1.29 is 19.4 Å². The summed E-state index contributed by atoms with van der Waals surface area (Å²) < 4.78 is 4.70. The van der Waals surface area contributed by atoms with E-state index in [-0.39, 0.29) is 6.61 Å². The predicted octanol–water partition coefficient (Wildman–Crippen LogP) is 1.18. The molecule has 10 heteroatoms. The molecule has 0 amide bonds. The Labute approximate surface area is 100 Å². The van der Waals surface area contributed by atoms with Crippen LogP contribution >= 0.6 is 0 Å². The molecule has 0 spiro atoms. The highest BCUT2D eigenvalue weighted by atomic mass is 16.6. The number of unbranched alkanes of at least 4 members (excludes halogenated alkanes) is 1. The third kappa shape index (κ3) is 2.78. The number of aromatic amines is 1. The average Bonchev–Trinajstić information content (AvgIpc) is 2.73. The molecule has 18 heavy (non-hydrogen) atoms. The molecule has 1 heterocycles. The van der Waals surface area contributed by atoms with E-state index in [0.29, 0.717) is 6.42 Å². The Morgan fingerprint density at radius 3 is 2.56 bits per heavy atom. The van der Waals surface area contributed by atoms with Gasteiger partial charge in [-0.25, -0.2) is 4.79 Å². The second kappa shape index (κ2) is 5.70. The van der Waals surface area contributed by atoms with Crippen molar-refractivity contribution in [3.63, 3.8) is 0 Å². The number of nitrogens with zero attached hydrogens (tertiary/aromatic N) is 3. The minimum absolute atomic E-state index is 0.0365. The summed E-state index contributed by atoms with van der Waals surface area (Å²) in [6.07, 6.45) is 1.31. The number of carbonyl (C=O) groups is 1. The first-order valence-electron chi connectivity index (χ1n) is 5.03. The Morgan fingerprint density at radius 1 is 1.39 bits per heavy atom. The Bertz CT molecular complexity index is 450. The molecular weight excluding hydrogens is 248 g/mol. The van der Waals surface area contributed by atoms with Gasteiger partial charge < -0.3 is 25.0 Å². The monoisotopic (exact) mass is 258 g/mol. The number of carbonyl (C=O) groups excluding carboxylic acids is 1. The number of nitro groups is 2. The van der Waals surface area contributed by atoms with E-state index in [9.17, 15) is 25.0 Å². The maximum Gasteiger partial charge on any atom is 0.434 e. The highest BCUT2D eigenvalue weighted by Gasteiger charge is 2.37. The normalized spacial score (nSPS) is 10.1. The molecule has 10 nitrogen and oxygen atoms in total. The fraction of sp³-hybridized carbons (Fsp3) is 0.500. The van der Waals surface area contributed by atoms with Crippen molar-refractivity contribution in [3.8, 4) is 0 Å². The lowest BCUT2D eigenvalue weighted by atomic mass is 10.3. The van der Waals surface area contributed by atoms with Crippen LogP contribution < -0.4 is 0 Å². The van der Waals surface area contributed by atoms with Gasteiger partial charge >= 0.3 is 17.6 Å². The van der Waals surface area contributed by atoms with E-state index >= 15 is 0 Å². The van der Waals surface area contributed by atoms with E-state index in [1.165, 1.54) is 0 Å². The number of esters is 1. The Morgan fingerprint density at radius 2 is 2.06 bits per heavy atom. The number of rotatable bonds is 6. The minimum Gasteiger partial charge on any atom is -0.462 e. The van der Waals surface area contributed by atoms with E-state index in [1.54, 1.807) is 0 Å². The molecule has 98 valence electrons. The van der Waals surface area contributed by atoms with Crippen molar-refractivity contribution in [2.24, 2.45) is 0 Å². The zero-order valence-electron chi connectivity index (χ0n) is 9.41. The first kappa shape index (κ1) is 13.5. The second-order valence-corrected chi connectivity index (χ2v) is 3.27. The standard InChI is InChI=1S/C8H10N4O6/c1-2-3-4-18-8(13)5-6(11(14)15)9-10-7(5)12(16)17/h2-4H2,1H3,(H,9,10). The lowest BCUT2D eigenvalue weighted by molar-refractivity contribution is -0.394. The van der Waals surface area contributed by atoms with Crippen molar-refractivity contribution in [2.45, 2.75) is 19.8 Å². The van der Waals surface area contributed by atoms with E-state index in [4.69, 9.17) is 4.74 Å². The van der Waals surface area contributed by atoms with Gasteiger partial charge in [-0.1, -0.05) is 13.3 Å². The Hall–Kier alpha value is -2.52. The molecule has 0 aromatic carbocycles. The van der Waals surface area contributed by atoms with Crippen LogP contribution in [0.15, 0.2) is 0 Å². The minimum atomic E-state index is -1.13. The summed E-state index contributed by atoms with van der Waals surface area (Å²) in [7, 11) is 0. The number of hydrogen-bond acceptors (Lipinski definition) is 7. The molecule has 1 N–H and O–H groups in total. The van der Waals surface area contributed by atoms with E-state index in [1.807, 2.05) is 12.0 Å². The van der Waals surface area contributed by atoms with Crippen LogP contribution in [0.5, 0.6) is 0 Å².